The van der Waals surface area contributed by atoms with Crippen molar-refractivity contribution in [3.63, 3.8) is 0 Å². The number of unbranched alkanes of at least 4 members (excludes halogenated alkanes) is 8. The molecule has 0 aliphatic carbocycles. The van der Waals surface area contributed by atoms with Crippen LogP contribution in [0.25, 0.3) is 0 Å². The Bertz CT molecular complexity index is 2300. The molecule has 2 aliphatic rings. The summed E-state index contributed by atoms with van der Waals surface area (Å²) in [5.41, 5.74) is 7.61. The highest BCUT2D eigenvalue weighted by atomic mass is 16.5. The van der Waals surface area contributed by atoms with Gasteiger partial charge in [-0.3, -0.25) is 14.6 Å². The van der Waals surface area contributed by atoms with E-state index in [0.717, 1.165) is 75.5 Å². The van der Waals surface area contributed by atoms with E-state index in [4.69, 9.17) is 9.47 Å². The number of rotatable bonds is 26. The third kappa shape index (κ3) is 19.8. The van der Waals surface area contributed by atoms with Crippen LogP contribution < -0.4 is 14.8 Å². The van der Waals surface area contributed by atoms with E-state index >= 15 is 0 Å². The molecule has 2 saturated heterocycles. The van der Waals surface area contributed by atoms with Gasteiger partial charge in [-0.05, 0) is 103 Å². The molecule has 71 heavy (non-hydrogen) atoms. The number of nitrogens with zero attached hydrogens (tertiary/aromatic N) is 3. The van der Waals surface area contributed by atoms with E-state index in [2.05, 4.69) is 148 Å². The molecule has 0 saturated carbocycles. The normalized spacial score (nSPS) is 14.6. The van der Waals surface area contributed by atoms with E-state index in [1.165, 1.54) is 98.7 Å². The SMILES string of the molecule is CCCCCCCCCCCC(=O)N(Cc1ccc(OCc2ccccc2)cc1)C1CCN(Cc2ccccc2)CC1.c1ccc(COc2ccc(CNC3CCN(Cc4ccccc4)CC3)cc2)cc1. The number of carbonyl (C=O) groups excluding carboxylic acids is 1. The molecule has 2 heterocycles. The zero-order valence-electron chi connectivity index (χ0n) is 42.9. The maximum atomic E-state index is 13.6. The van der Waals surface area contributed by atoms with Gasteiger partial charge in [-0.15, -0.1) is 0 Å². The standard InChI is InChI=1S/C38H52N2O2.C26H30N2O/c1-2-3-4-5-6-7-8-9-16-21-38(41)40(36-26-28-39(29-27-36)30-33-17-12-10-13-18-33)31-34-22-24-37(25-23-34)42-32-35-19-14-11-15-20-35;1-3-7-23(8-4-1)20-28-17-15-25(16-18-28)27-19-22-11-13-26(14-12-22)29-21-24-9-5-2-6-10-24/h10-15,17-20,22-25,36H,2-9,16,21,26-32H2,1H3;1-14,25,27H,15-21H2. The van der Waals surface area contributed by atoms with Crippen molar-refractivity contribution in [2.75, 3.05) is 26.2 Å². The van der Waals surface area contributed by atoms with Crippen molar-refractivity contribution in [1.29, 1.82) is 0 Å². The summed E-state index contributed by atoms with van der Waals surface area (Å²) in [5, 5.41) is 3.73. The smallest absolute Gasteiger partial charge is 0.223 e. The molecule has 7 nitrogen and oxygen atoms in total. The number of carbonyl (C=O) groups is 1. The summed E-state index contributed by atoms with van der Waals surface area (Å²) >= 11 is 0. The number of likely N-dealkylation sites (tertiary alicyclic amines) is 2. The van der Waals surface area contributed by atoms with Crippen LogP contribution in [0.2, 0.25) is 0 Å². The molecular weight excluding hydrogens is 873 g/mol. The van der Waals surface area contributed by atoms with Gasteiger partial charge >= 0.3 is 0 Å². The minimum absolute atomic E-state index is 0.303. The quantitative estimate of drug-likeness (QED) is 0.0547. The molecule has 0 unspecified atom stereocenters. The van der Waals surface area contributed by atoms with Gasteiger partial charge in [-0.1, -0.05) is 204 Å². The zero-order chi connectivity index (χ0) is 49.0. The van der Waals surface area contributed by atoms with Crippen molar-refractivity contribution < 1.29 is 14.3 Å². The fourth-order valence-corrected chi connectivity index (χ4v) is 9.85. The summed E-state index contributed by atoms with van der Waals surface area (Å²) in [6.45, 7) is 11.5. The molecule has 6 aromatic carbocycles. The Hall–Kier alpha value is -5.73. The fourth-order valence-electron chi connectivity index (χ4n) is 9.85. The molecular formula is C64H82N4O3. The average Bonchev–Trinajstić information content (AvgIpc) is 3.43. The first kappa shape index (κ1) is 53.1. The van der Waals surface area contributed by atoms with E-state index < -0.39 is 0 Å². The first-order valence-electron chi connectivity index (χ1n) is 27.1. The Kier molecular flexibility index (Phi) is 23.1. The minimum Gasteiger partial charge on any atom is -0.489 e. The molecule has 2 fully saturated rings. The van der Waals surface area contributed by atoms with Crippen LogP contribution >= 0.6 is 0 Å². The van der Waals surface area contributed by atoms with Gasteiger partial charge in [0.2, 0.25) is 5.91 Å². The van der Waals surface area contributed by atoms with Gasteiger partial charge in [0.1, 0.15) is 24.7 Å². The molecule has 8 rings (SSSR count). The minimum atomic E-state index is 0.303. The molecule has 0 spiro atoms. The van der Waals surface area contributed by atoms with Gasteiger partial charge in [-0.25, -0.2) is 0 Å². The Balaban J connectivity index is 0.000000223. The Morgan fingerprint density at radius 2 is 0.887 bits per heavy atom. The van der Waals surface area contributed by atoms with Crippen molar-refractivity contribution in [3.8, 4) is 11.5 Å². The van der Waals surface area contributed by atoms with E-state index in [0.29, 0.717) is 44.2 Å². The molecule has 0 radical (unpaired) electrons. The van der Waals surface area contributed by atoms with Gasteiger partial charge in [0.05, 0.1) is 0 Å². The summed E-state index contributed by atoms with van der Waals surface area (Å²) in [6, 6.07) is 59.8. The van der Waals surface area contributed by atoms with E-state index in [1.807, 2.05) is 48.5 Å². The second kappa shape index (κ2) is 30.9. The number of benzene rings is 6. The monoisotopic (exact) mass is 955 g/mol. The summed E-state index contributed by atoms with van der Waals surface area (Å²) in [5.74, 6) is 2.11. The largest absolute Gasteiger partial charge is 0.489 e. The zero-order valence-corrected chi connectivity index (χ0v) is 42.9. The lowest BCUT2D eigenvalue weighted by Crippen LogP contribution is -2.46. The molecule has 7 heteroatoms. The van der Waals surface area contributed by atoms with Gasteiger partial charge in [0.25, 0.3) is 0 Å². The summed E-state index contributed by atoms with van der Waals surface area (Å²) < 4.78 is 11.9. The number of ether oxygens (including phenoxy) is 2. The summed E-state index contributed by atoms with van der Waals surface area (Å²) in [6.07, 6.45) is 16.6. The van der Waals surface area contributed by atoms with Crippen molar-refractivity contribution in [2.45, 2.75) is 148 Å². The summed E-state index contributed by atoms with van der Waals surface area (Å²) in [7, 11) is 0. The number of hydrogen-bond donors (Lipinski definition) is 1. The lowest BCUT2D eigenvalue weighted by Gasteiger charge is -2.39. The third-order valence-corrected chi connectivity index (χ3v) is 14.2. The fraction of sp³-hybridized carbons (Fsp3) is 0.422. The van der Waals surface area contributed by atoms with Gasteiger partial charge < -0.3 is 19.7 Å². The Morgan fingerprint density at radius 1 is 0.479 bits per heavy atom. The number of nitrogens with one attached hydrogen (secondary N) is 1. The number of hydrogen-bond acceptors (Lipinski definition) is 6. The highest BCUT2D eigenvalue weighted by molar-refractivity contribution is 5.76. The lowest BCUT2D eigenvalue weighted by atomic mass is 10.00. The second-order valence-electron chi connectivity index (χ2n) is 19.8. The van der Waals surface area contributed by atoms with Crippen molar-refractivity contribution in [3.05, 3.63) is 203 Å². The molecule has 6 aromatic rings. The lowest BCUT2D eigenvalue weighted by molar-refractivity contribution is -0.135. The predicted molar refractivity (Wildman–Crippen MR) is 293 cm³/mol. The Morgan fingerprint density at radius 3 is 1.35 bits per heavy atom. The highest BCUT2D eigenvalue weighted by Crippen LogP contribution is 2.25. The first-order valence-corrected chi connectivity index (χ1v) is 27.1. The molecule has 2 aliphatic heterocycles. The van der Waals surface area contributed by atoms with Crippen molar-refractivity contribution in [2.24, 2.45) is 0 Å². The number of piperidine rings is 2. The molecule has 1 N–H and O–H groups in total. The molecule has 1 amide bonds. The first-order chi connectivity index (χ1) is 35.1. The highest BCUT2D eigenvalue weighted by Gasteiger charge is 2.28. The third-order valence-electron chi connectivity index (χ3n) is 14.2. The van der Waals surface area contributed by atoms with E-state index in [1.54, 1.807) is 0 Å². The molecule has 0 atom stereocenters. The van der Waals surface area contributed by atoms with Crippen LogP contribution in [0.1, 0.15) is 130 Å². The van der Waals surface area contributed by atoms with Gasteiger partial charge in [0.15, 0.2) is 0 Å². The topological polar surface area (TPSA) is 57.3 Å². The van der Waals surface area contributed by atoms with Crippen molar-refractivity contribution >= 4 is 5.91 Å². The average molecular weight is 955 g/mol. The van der Waals surface area contributed by atoms with Crippen LogP contribution in [-0.4, -0.2) is 58.9 Å². The Labute approximate surface area is 427 Å². The number of amides is 1. The second-order valence-corrected chi connectivity index (χ2v) is 19.8. The predicted octanol–water partition coefficient (Wildman–Crippen LogP) is 14.2. The van der Waals surface area contributed by atoms with Gasteiger partial charge in [-0.2, -0.15) is 0 Å². The maximum absolute atomic E-state index is 13.6. The molecule has 0 bridgehead atoms. The van der Waals surface area contributed by atoms with Crippen LogP contribution in [0.15, 0.2) is 170 Å². The molecule has 376 valence electrons. The van der Waals surface area contributed by atoms with Crippen LogP contribution in [0.4, 0.5) is 0 Å². The van der Waals surface area contributed by atoms with Crippen molar-refractivity contribution in [1.82, 2.24) is 20.0 Å². The maximum Gasteiger partial charge on any atom is 0.223 e. The van der Waals surface area contributed by atoms with Crippen LogP contribution in [0, 0.1) is 0 Å². The van der Waals surface area contributed by atoms with E-state index in [-0.39, 0.29) is 0 Å². The van der Waals surface area contributed by atoms with Crippen LogP contribution in [-0.2, 0) is 44.2 Å². The van der Waals surface area contributed by atoms with Gasteiger partial charge in [0, 0.05) is 57.8 Å². The van der Waals surface area contributed by atoms with Crippen LogP contribution in [0.5, 0.6) is 11.5 Å². The molecule has 0 aromatic heterocycles. The van der Waals surface area contributed by atoms with Crippen LogP contribution in [0.3, 0.4) is 0 Å². The summed E-state index contributed by atoms with van der Waals surface area (Å²) in [4.78, 5) is 20.9. The van der Waals surface area contributed by atoms with E-state index in [9.17, 15) is 4.79 Å².